The Morgan fingerprint density at radius 1 is 1.25 bits per heavy atom. The van der Waals surface area contributed by atoms with Crippen molar-refractivity contribution in [2.45, 2.75) is 26.2 Å². The lowest BCUT2D eigenvalue weighted by Crippen LogP contribution is -2.32. The zero-order chi connectivity index (χ0) is 20.1. The molecule has 7 nitrogen and oxygen atoms in total. The predicted molar refractivity (Wildman–Crippen MR) is 100 cm³/mol. The van der Waals surface area contributed by atoms with Gasteiger partial charge in [0.15, 0.2) is 5.76 Å². The highest BCUT2D eigenvalue weighted by atomic mass is 19.1. The average molecular weight is 379 g/mol. The molecule has 0 aliphatic heterocycles. The maximum absolute atomic E-state index is 13.0. The monoisotopic (exact) mass is 379 g/mol. The fourth-order valence-electron chi connectivity index (χ4n) is 3.15. The number of amides is 1. The largest absolute Gasteiger partial charge is 0.455 e. The van der Waals surface area contributed by atoms with Crippen LogP contribution in [0.4, 0.5) is 10.1 Å². The average Bonchev–Trinajstić information content (AvgIpc) is 3.04. The first-order chi connectivity index (χ1) is 13.5. The summed E-state index contributed by atoms with van der Waals surface area (Å²) in [6, 6.07) is 9.63. The summed E-state index contributed by atoms with van der Waals surface area (Å²) in [4.78, 5) is 13.9. The molecule has 0 radical (unpaired) electrons. The summed E-state index contributed by atoms with van der Waals surface area (Å²) in [6.45, 7) is 1.39. The molecule has 3 rings (SSSR count). The SMILES string of the molecule is Cc1c(C(=O)N(CC#N)CC#N)oc2c1/C(=N/Nc1ccc(F)cc1)CCC2. The topological polar surface area (TPSA) is 105 Å². The van der Waals surface area contributed by atoms with Crippen LogP contribution in [0.5, 0.6) is 0 Å². The van der Waals surface area contributed by atoms with E-state index in [0.29, 0.717) is 29.9 Å². The van der Waals surface area contributed by atoms with E-state index in [4.69, 9.17) is 14.9 Å². The highest BCUT2D eigenvalue weighted by molar-refractivity contribution is 6.06. The molecule has 142 valence electrons. The molecule has 0 bridgehead atoms. The van der Waals surface area contributed by atoms with E-state index in [1.165, 1.54) is 12.1 Å². The minimum Gasteiger partial charge on any atom is -0.455 e. The van der Waals surface area contributed by atoms with Crippen molar-refractivity contribution < 1.29 is 13.6 Å². The van der Waals surface area contributed by atoms with Crippen LogP contribution in [0.3, 0.4) is 0 Å². The van der Waals surface area contributed by atoms with E-state index in [9.17, 15) is 9.18 Å². The van der Waals surface area contributed by atoms with Crippen LogP contribution in [0, 0.1) is 35.4 Å². The number of fused-ring (bicyclic) bond motifs is 1. The van der Waals surface area contributed by atoms with Crippen LogP contribution >= 0.6 is 0 Å². The summed E-state index contributed by atoms with van der Waals surface area (Å²) in [6.07, 6.45) is 2.20. The number of carbonyl (C=O) groups excluding carboxylic acids is 1. The lowest BCUT2D eigenvalue weighted by molar-refractivity contribution is 0.0760. The molecule has 1 N–H and O–H groups in total. The van der Waals surface area contributed by atoms with Gasteiger partial charge < -0.3 is 9.32 Å². The van der Waals surface area contributed by atoms with Gasteiger partial charge in [0, 0.05) is 17.5 Å². The molecule has 2 aromatic rings. The van der Waals surface area contributed by atoms with Crippen LogP contribution in [-0.2, 0) is 6.42 Å². The molecule has 0 saturated heterocycles. The van der Waals surface area contributed by atoms with Gasteiger partial charge in [-0.2, -0.15) is 15.6 Å². The second-order valence-electron chi connectivity index (χ2n) is 6.36. The maximum atomic E-state index is 13.0. The number of nitrogens with one attached hydrogen (secondary N) is 1. The van der Waals surface area contributed by atoms with Crippen LogP contribution in [0.15, 0.2) is 33.8 Å². The number of anilines is 1. The lowest BCUT2D eigenvalue weighted by atomic mass is 9.93. The first-order valence-corrected chi connectivity index (χ1v) is 8.79. The van der Waals surface area contributed by atoms with Gasteiger partial charge in [-0.1, -0.05) is 0 Å². The molecule has 0 spiro atoms. The molecule has 0 fully saturated rings. The van der Waals surface area contributed by atoms with Crippen LogP contribution < -0.4 is 5.43 Å². The first kappa shape index (κ1) is 19.1. The number of nitriles is 2. The van der Waals surface area contributed by atoms with Crippen molar-refractivity contribution in [2.24, 2.45) is 5.10 Å². The summed E-state index contributed by atoms with van der Waals surface area (Å²) >= 11 is 0. The fourth-order valence-corrected chi connectivity index (χ4v) is 3.15. The molecule has 0 saturated carbocycles. The molecule has 28 heavy (non-hydrogen) atoms. The molecule has 8 heteroatoms. The van der Waals surface area contributed by atoms with E-state index < -0.39 is 5.91 Å². The van der Waals surface area contributed by atoms with E-state index in [1.54, 1.807) is 19.1 Å². The number of hydrogen-bond donors (Lipinski definition) is 1. The molecule has 1 heterocycles. The van der Waals surface area contributed by atoms with Crippen molar-refractivity contribution in [3.63, 3.8) is 0 Å². The van der Waals surface area contributed by atoms with Crippen molar-refractivity contribution in [3.05, 3.63) is 52.7 Å². The summed E-state index contributed by atoms with van der Waals surface area (Å²) in [5.74, 6) is -0.0142. The van der Waals surface area contributed by atoms with E-state index in [-0.39, 0.29) is 24.7 Å². The van der Waals surface area contributed by atoms with Gasteiger partial charge in [0.05, 0.1) is 23.5 Å². The highest BCUT2D eigenvalue weighted by Gasteiger charge is 2.30. The maximum Gasteiger partial charge on any atom is 0.291 e. The molecule has 1 aliphatic carbocycles. The number of hydrazone groups is 1. The van der Waals surface area contributed by atoms with Gasteiger partial charge in [-0.3, -0.25) is 10.2 Å². The standard InChI is InChI=1S/C20H18FN5O2/c1-13-18-16(25-24-15-7-5-14(21)6-8-15)3-2-4-17(18)28-19(13)20(27)26(11-9-22)12-10-23/h5-8,24H,2-4,11-12H2,1H3/b25-16+. The minimum atomic E-state index is -0.485. The summed E-state index contributed by atoms with van der Waals surface area (Å²) < 4.78 is 18.8. The number of halogens is 1. The highest BCUT2D eigenvalue weighted by Crippen LogP contribution is 2.30. The number of rotatable bonds is 5. The molecular weight excluding hydrogens is 361 g/mol. The number of nitrogens with zero attached hydrogens (tertiary/aromatic N) is 4. The quantitative estimate of drug-likeness (QED) is 0.633. The van der Waals surface area contributed by atoms with Gasteiger partial charge in [0.25, 0.3) is 5.91 Å². The van der Waals surface area contributed by atoms with Crippen LogP contribution in [0.25, 0.3) is 0 Å². The third kappa shape index (κ3) is 3.86. The van der Waals surface area contributed by atoms with E-state index >= 15 is 0 Å². The van der Waals surface area contributed by atoms with E-state index in [0.717, 1.165) is 22.6 Å². The number of hydrogen-bond acceptors (Lipinski definition) is 6. The number of carbonyl (C=O) groups is 1. The van der Waals surface area contributed by atoms with Crippen molar-refractivity contribution in [1.82, 2.24) is 4.90 Å². The van der Waals surface area contributed by atoms with E-state index in [2.05, 4.69) is 10.5 Å². The van der Waals surface area contributed by atoms with Gasteiger partial charge >= 0.3 is 0 Å². The lowest BCUT2D eigenvalue weighted by Gasteiger charge is -2.14. The Morgan fingerprint density at radius 3 is 2.57 bits per heavy atom. The fraction of sp³-hybridized carbons (Fsp3) is 0.300. The molecule has 0 unspecified atom stereocenters. The third-order valence-corrected chi connectivity index (χ3v) is 4.49. The molecule has 1 aliphatic rings. The van der Waals surface area contributed by atoms with Crippen LogP contribution in [0.2, 0.25) is 0 Å². The number of benzene rings is 1. The van der Waals surface area contributed by atoms with Gasteiger partial charge in [0.2, 0.25) is 0 Å². The summed E-state index contributed by atoms with van der Waals surface area (Å²) in [7, 11) is 0. The van der Waals surface area contributed by atoms with E-state index in [1.807, 2.05) is 12.1 Å². The van der Waals surface area contributed by atoms with Crippen molar-refractivity contribution in [2.75, 3.05) is 18.5 Å². The summed E-state index contributed by atoms with van der Waals surface area (Å²) in [5.41, 5.74) is 5.72. The molecule has 1 aromatic heterocycles. The van der Waals surface area contributed by atoms with Gasteiger partial charge in [-0.05, 0) is 44.0 Å². The summed E-state index contributed by atoms with van der Waals surface area (Å²) in [5, 5.41) is 22.2. The Bertz CT molecular complexity index is 979. The molecular formula is C20H18FN5O2. The second kappa shape index (κ2) is 8.36. The number of furan rings is 1. The third-order valence-electron chi connectivity index (χ3n) is 4.49. The van der Waals surface area contributed by atoms with Crippen molar-refractivity contribution in [1.29, 1.82) is 10.5 Å². The Labute approximate surface area is 161 Å². The van der Waals surface area contributed by atoms with Crippen LogP contribution in [-0.4, -0.2) is 29.6 Å². The Hall–Kier alpha value is -3.65. The van der Waals surface area contributed by atoms with Crippen molar-refractivity contribution in [3.8, 4) is 12.1 Å². The van der Waals surface area contributed by atoms with Crippen LogP contribution in [0.1, 0.15) is 40.3 Å². The Morgan fingerprint density at radius 2 is 1.93 bits per heavy atom. The Balaban J connectivity index is 1.90. The molecule has 0 atom stereocenters. The van der Waals surface area contributed by atoms with Crippen molar-refractivity contribution >= 4 is 17.3 Å². The zero-order valence-corrected chi connectivity index (χ0v) is 15.3. The smallest absolute Gasteiger partial charge is 0.291 e. The zero-order valence-electron chi connectivity index (χ0n) is 15.3. The normalized spacial score (nSPS) is 14.1. The molecule has 1 aromatic carbocycles. The first-order valence-electron chi connectivity index (χ1n) is 8.79. The van der Waals surface area contributed by atoms with Gasteiger partial charge in [-0.25, -0.2) is 4.39 Å². The predicted octanol–water partition coefficient (Wildman–Crippen LogP) is 3.37. The second-order valence-corrected chi connectivity index (χ2v) is 6.36. The Kier molecular flexibility index (Phi) is 5.71. The van der Waals surface area contributed by atoms with Gasteiger partial charge in [0.1, 0.15) is 24.7 Å². The minimum absolute atomic E-state index is 0.131. The number of aryl methyl sites for hydroxylation is 1. The van der Waals surface area contributed by atoms with Gasteiger partial charge in [-0.15, -0.1) is 0 Å². The molecule has 1 amide bonds.